The number of carbonyl (C=O) groups excluding carboxylic acids is 1. The van der Waals surface area contributed by atoms with Crippen LogP contribution in [0.1, 0.15) is 44.7 Å². The Kier molecular flexibility index (Phi) is 5.22. The Morgan fingerprint density at radius 2 is 1.74 bits per heavy atom. The zero-order valence-electron chi connectivity index (χ0n) is 16.4. The Morgan fingerprint density at radius 1 is 1.11 bits per heavy atom. The number of aryl methyl sites for hydroxylation is 1. The van der Waals surface area contributed by atoms with Crippen LogP contribution in [-0.4, -0.2) is 11.4 Å². The van der Waals surface area contributed by atoms with Crippen LogP contribution in [0.4, 0.5) is 0 Å². The first-order valence-corrected chi connectivity index (χ1v) is 9.80. The van der Waals surface area contributed by atoms with E-state index in [9.17, 15) is 9.90 Å². The zero-order chi connectivity index (χ0) is 19.8. The lowest BCUT2D eigenvalue weighted by Gasteiger charge is -2.40. The number of carbonyl (C=O) groups is 1. The number of rotatable bonds is 4. The molecule has 2 aromatic carbocycles. The number of allylic oxidation sites excluding steroid dienone is 1. The van der Waals surface area contributed by atoms with Crippen molar-refractivity contribution in [2.75, 3.05) is 0 Å². The normalized spacial score (nSPS) is 24.8. The van der Waals surface area contributed by atoms with Gasteiger partial charge in [0.25, 0.3) is 0 Å². The summed E-state index contributed by atoms with van der Waals surface area (Å²) in [5.74, 6) is 0.327. The van der Waals surface area contributed by atoms with Gasteiger partial charge in [-0.2, -0.15) is 0 Å². The molecule has 2 unspecified atom stereocenters. The highest BCUT2D eigenvalue weighted by molar-refractivity contribution is 6.30. The third-order valence-corrected chi connectivity index (χ3v) is 7.04. The number of aldehydes is 1. The molecule has 0 saturated heterocycles. The summed E-state index contributed by atoms with van der Waals surface area (Å²) in [7, 11) is 0. The van der Waals surface area contributed by atoms with E-state index in [0.29, 0.717) is 10.8 Å². The van der Waals surface area contributed by atoms with Crippen LogP contribution in [0.15, 0.2) is 48.2 Å². The molecule has 1 aliphatic carbocycles. The highest BCUT2D eigenvalue weighted by atomic mass is 35.5. The fourth-order valence-electron chi connectivity index (χ4n) is 4.16. The smallest absolute Gasteiger partial charge is 0.123 e. The molecule has 3 rings (SSSR count). The van der Waals surface area contributed by atoms with Crippen molar-refractivity contribution in [1.29, 1.82) is 0 Å². The van der Waals surface area contributed by atoms with E-state index in [0.717, 1.165) is 41.4 Å². The minimum absolute atomic E-state index is 0.0282. The van der Waals surface area contributed by atoms with Crippen molar-refractivity contribution in [3.63, 3.8) is 0 Å². The Hall–Kier alpha value is -2.06. The molecular formula is C24H27ClO2. The van der Waals surface area contributed by atoms with Gasteiger partial charge in [0, 0.05) is 16.4 Å². The zero-order valence-corrected chi connectivity index (χ0v) is 17.2. The summed E-state index contributed by atoms with van der Waals surface area (Å²) >= 11 is 6.00. The number of halogens is 1. The van der Waals surface area contributed by atoms with Gasteiger partial charge >= 0.3 is 0 Å². The second kappa shape index (κ2) is 7.16. The van der Waals surface area contributed by atoms with Gasteiger partial charge in [0.1, 0.15) is 6.29 Å². The number of hydrogen-bond acceptors (Lipinski definition) is 2. The Balaban J connectivity index is 2.00. The average molecular weight is 383 g/mol. The van der Waals surface area contributed by atoms with Crippen LogP contribution in [0.5, 0.6) is 0 Å². The van der Waals surface area contributed by atoms with Gasteiger partial charge in [0.2, 0.25) is 0 Å². The lowest BCUT2D eigenvalue weighted by molar-refractivity contribution is -0.114. The van der Waals surface area contributed by atoms with Gasteiger partial charge in [-0.15, -0.1) is 0 Å². The molecule has 0 spiro atoms. The topological polar surface area (TPSA) is 37.3 Å². The molecule has 1 fully saturated rings. The molecule has 2 nitrogen and oxygen atoms in total. The molecule has 1 aliphatic rings. The van der Waals surface area contributed by atoms with E-state index < -0.39 is 5.41 Å². The third-order valence-electron chi connectivity index (χ3n) is 6.78. The Labute approximate surface area is 166 Å². The van der Waals surface area contributed by atoms with Gasteiger partial charge in [-0.1, -0.05) is 56.6 Å². The van der Waals surface area contributed by atoms with Crippen LogP contribution in [-0.2, 0) is 4.79 Å². The lowest BCUT2D eigenvalue weighted by Crippen LogP contribution is -2.36. The number of aliphatic hydroxyl groups excluding tert-OH is 1. The standard InChI is InChI=1S/C24H27ClO2/c1-16-5-6-18(17-7-9-21(25)10-8-17)13-19(16)14-22(27)24(4)12-11-20(15-26)23(24,2)3/h5-10,13-15,20,27H,11-12H2,1-4H3/b22-14-. The molecule has 2 atom stereocenters. The fraction of sp³-hybridized carbons (Fsp3) is 0.375. The maximum atomic E-state index is 11.5. The fourth-order valence-corrected chi connectivity index (χ4v) is 4.28. The first-order valence-electron chi connectivity index (χ1n) is 9.42. The van der Waals surface area contributed by atoms with Crippen LogP contribution in [0.3, 0.4) is 0 Å². The molecular weight excluding hydrogens is 356 g/mol. The molecule has 0 aliphatic heterocycles. The van der Waals surface area contributed by atoms with Gasteiger partial charge in [-0.05, 0) is 71.7 Å². The monoisotopic (exact) mass is 382 g/mol. The van der Waals surface area contributed by atoms with E-state index in [2.05, 4.69) is 39.0 Å². The van der Waals surface area contributed by atoms with Crippen molar-refractivity contribution in [2.45, 2.75) is 40.5 Å². The average Bonchev–Trinajstić information content (AvgIpc) is 2.87. The van der Waals surface area contributed by atoms with Crippen LogP contribution in [0.2, 0.25) is 5.02 Å². The summed E-state index contributed by atoms with van der Waals surface area (Å²) in [6, 6.07) is 14.0. The van der Waals surface area contributed by atoms with Crippen LogP contribution >= 0.6 is 11.6 Å². The number of benzene rings is 2. The van der Waals surface area contributed by atoms with E-state index in [1.165, 1.54) is 0 Å². The Bertz CT molecular complexity index is 880. The van der Waals surface area contributed by atoms with Crippen molar-refractivity contribution in [1.82, 2.24) is 0 Å². The summed E-state index contributed by atoms with van der Waals surface area (Å²) < 4.78 is 0. The van der Waals surface area contributed by atoms with Gasteiger partial charge in [0.05, 0.1) is 5.76 Å². The van der Waals surface area contributed by atoms with Crippen LogP contribution in [0, 0.1) is 23.7 Å². The molecule has 2 aromatic rings. The molecule has 1 N–H and O–H groups in total. The third kappa shape index (κ3) is 3.43. The molecule has 0 amide bonds. The van der Waals surface area contributed by atoms with E-state index in [4.69, 9.17) is 11.6 Å². The molecule has 0 aromatic heterocycles. The predicted octanol–water partition coefficient (Wildman–Crippen LogP) is 6.86. The first-order chi connectivity index (χ1) is 12.7. The van der Waals surface area contributed by atoms with Gasteiger partial charge in [-0.25, -0.2) is 0 Å². The first kappa shape index (κ1) is 19.7. The van der Waals surface area contributed by atoms with Crippen molar-refractivity contribution in [2.24, 2.45) is 16.7 Å². The van der Waals surface area contributed by atoms with E-state index in [1.807, 2.05) is 37.3 Å². The van der Waals surface area contributed by atoms with E-state index in [1.54, 1.807) is 0 Å². The van der Waals surface area contributed by atoms with Gasteiger partial charge in [0.15, 0.2) is 0 Å². The minimum Gasteiger partial charge on any atom is -0.512 e. The van der Waals surface area contributed by atoms with Crippen molar-refractivity contribution in [3.05, 3.63) is 64.4 Å². The lowest BCUT2D eigenvalue weighted by atomic mass is 9.64. The molecule has 27 heavy (non-hydrogen) atoms. The van der Waals surface area contributed by atoms with Crippen molar-refractivity contribution >= 4 is 24.0 Å². The summed E-state index contributed by atoms with van der Waals surface area (Å²) in [6.45, 7) is 8.28. The molecule has 0 radical (unpaired) electrons. The predicted molar refractivity (Wildman–Crippen MR) is 113 cm³/mol. The quantitative estimate of drug-likeness (QED) is 0.463. The summed E-state index contributed by atoms with van der Waals surface area (Å²) in [6.07, 6.45) is 4.55. The van der Waals surface area contributed by atoms with Crippen molar-refractivity contribution < 1.29 is 9.90 Å². The largest absolute Gasteiger partial charge is 0.512 e. The SMILES string of the molecule is Cc1ccc(-c2ccc(Cl)cc2)cc1/C=C(\O)C1(C)CCC(C=O)C1(C)C. The Morgan fingerprint density at radius 3 is 2.33 bits per heavy atom. The van der Waals surface area contributed by atoms with Crippen LogP contribution < -0.4 is 0 Å². The highest BCUT2D eigenvalue weighted by Crippen LogP contribution is 2.58. The maximum absolute atomic E-state index is 11.5. The van der Waals surface area contributed by atoms with Crippen LogP contribution in [0.25, 0.3) is 17.2 Å². The molecule has 3 heteroatoms. The van der Waals surface area contributed by atoms with E-state index in [-0.39, 0.29) is 11.3 Å². The molecule has 142 valence electrons. The summed E-state index contributed by atoms with van der Waals surface area (Å²) in [5.41, 5.74) is 3.57. The second-order valence-corrected chi connectivity index (χ2v) is 8.88. The van der Waals surface area contributed by atoms with Crippen molar-refractivity contribution in [3.8, 4) is 11.1 Å². The molecule has 0 bridgehead atoms. The number of hydrogen-bond donors (Lipinski definition) is 1. The van der Waals surface area contributed by atoms with E-state index >= 15 is 0 Å². The minimum atomic E-state index is -0.415. The summed E-state index contributed by atoms with van der Waals surface area (Å²) in [4.78, 5) is 11.5. The molecule has 1 saturated carbocycles. The van der Waals surface area contributed by atoms with Gasteiger partial charge in [-0.3, -0.25) is 0 Å². The number of aliphatic hydroxyl groups is 1. The maximum Gasteiger partial charge on any atom is 0.123 e. The van der Waals surface area contributed by atoms with Gasteiger partial charge < -0.3 is 9.90 Å². The molecule has 0 heterocycles. The summed E-state index contributed by atoms with van der Waals surface area (Å²) in [5, 5.41) is 11.8. The highest BCUT2D eigenvalue weighted by Gasteiger charge is 2.53. The second-order valence-electron chi connectivity index (χ2n) is 8.44.